The molecule has 18 heavy (non-hydrogen) atoms. The number of halogens is 1. The van der Waals surface area contributed by atoms with Crippen molar-refractivity contribution >= 4 is 39.1 Å². The van der Waals surface area contributed by atoms with Crippen molar-refractivity contribution in [2.24, 2.45) is 0 Å². The van der Waals surface area contributed by atoms with Crippen molar-refractivity contribution in [1.82, 2.24) is 4.90 Å². The van der Waals surface area contributed by atoms with E-state index in [-0.39, 0.29) is 31.8 Å². The van der Waals surface area contributed by atoms with Crippen molar-refractivity contribution in [3.05, 3.63) is 20.8 Å². The van der Waals surface area contributed by atoms with Gasteiger partial charge in [-0.3, -0.25) is 4.79 Å². The minimum atomic E-state index is -1.69. The number of carboxylic acids is 1. The molecule has 0 aromatic carbocycles. The quantitative estimate of drug-likeness (QED) is 0.861. The Morgan fingerprint density at radius 1 is 1.39 bits per heavy atom. The molecule has 1 amide bonds. The Labute approximate surface area is 116 Å². The summed E-state index contributed by atoms with van der Waals surface area (Å²) in [6, 6.07) is 1.74. The SMILES string of the molecule is O=C(c1csc(Br)c1)N1CCC(O)(C(=O)O)CC1. The molecular formula is C11H12BrNO4S. The van der Waals surface area contributed by atoms with Crippen LogP contribution in [0.15, 0.2) is 15.2 Å². The first kappa shape index (κ1) is 13.5. The molecule has 2 N–H and O–H groups in total. The number of nitrogens with zero attached hydrogens (tertiary/aromatic N) is 1. The molecule has 0 atom stereocenters. The first-order valence-electron chi connectivity index (χ1n) is 5.41. The number of aliphatic hydroxyl groups is 1. The number of carbonyl (C=O) groups excluding carboxylic acids is 1. The molecule has 5 nitrogen and oxygen atoms in total. The van der Waals surface area contributed by atoms with E-state index in [9.17, 15) is 14.7 Å². The summed E-state index contributed by atoms with van der Waals surface area (Å²) in [7, 11) is 0. The Hall–Kier alpha value is -0.920. The Kier molecular flexibility index (Phi) is 3.74. The smallest absolute Gasteiger partial charge is 0.335 e. The molecule has 0 bridgehead atoms. The van der Waals surface area contributed by atoms with Crippen LogP contribution in [-0.4, -0.2) is 45.7 Å². The molecule has 1 aliphatic heterocycles. The van der Waals surface area contributed by atoms with Crippen LogP contribution in [0.2, 0.25) is 0 Å². The number of hydrogen-bond acceptors (Lipinski definition) is 4. The molecule has 1 aromatic heterocycles. The van der Waals surface area contributed by atoms with Crippen LogP contribution in [0, 0.1) is 0 Å². The molecule has 1 fully saturated rings. The van der Waals surface area contributed by atoms with Gasteiger partial charge in [-0.1, -0.05) is 0 Å². The highest BCUT2D eigenvalue weighted by Gasteiger charge is 2.40. The number of carboxylic acid groups (broad SMARTS) is 1. The number of hydrogen-bond donors (Lipinski definition) is 2. The topological polar surface area (TPSA) is 77.8 Å². The van der Waals surface area contributed by atoms with Gasteiger partial charge in [-0.05, 0) is 22.0 Å². The zero-order chi connectivity index (χ0) is 13.3. The highest BCUT2D eigenvalue weighted by atomic mass is 79.9. The normalized spacial score (nSPS) is 18.7. The molecule has 1 aromatic rings. The van der Waals surface area contributed by atoms with Crippen LogP contribution in [0.1, 0.15) is 23.2 Å². The molecule has 1 aliphatic rings. The van der Waals surface area contributed by atoms with E-state index in [0.29, 0.717) is 5.56 Å². The molecule has 0 unspecified atom stereocenters. The van der Waals surface area contributed by atoms with Gasteiger partial charge in [-0.2, -0.15) is 0 Å². The molecule has 0 saturated carbocycles. The van der Waals surface area contributed by atoms with Gasteiger partial charge in [0.25, 0.3) is 5.91 Å². The lowest BCUT2D eigenvalue weighted by Crippen LogP contribution is -2.50. The maximum Gasteiger partial charge on any atom is 0.335 e. The minimum Gasteiger partial charge on any atom is -0.479 e. The number of carbonyl (C=O) groups is 2. The Morgan fingerprint density at radius 2 is 2.00 bits per heavy atom. The van der Waals surface area contributed by atoms with Crippen LogP contribution in [0.4, 0.5) is 0 Å². The lowest BCUT2D eigenvalue weighted by molar-refractivity contribution is -0.162. The zero-order valence-electron chi connectivity index (χ0n) is 9.43. The van der Waals surface area contributed by atoms with Crippen molar-refractivity contribution in [2.75, 3.05) is 13.1 Å². The third kappa shape index (κ3) is 2.57. The second kappa shape index (κ2) is 4.99. The standard InChI is InChI=1S/C11H12BrNO4S/c12-8-5-7(6-18-8)9(14)13-3-1-11(17,2-4-13)10(15)16/h5-6,17H,1-4H2,(H,15,16). The van der Waals surface area contributed by atoms with Crippen LogP contribution in [0.5, 0.6) is 0 Å². The number of aliphatic carboxylic acids is 1. The van der Waals surface area contributed by atoms with E-state index in [1.807, 2.05) is 0 Å². The van der Waals surface area contributed by atoms with Gasteiger partial charge < -0.3 is 15.1 Å². The monoisotopic (exact) mass is 333 g/mol. The lowest BCUT2D eigenvalue weighted by atomic mass is 9.91. The predicted octanol–water partition coefficient (Wildman–Crippen LogP) is 1.56. The molecule has 0 radical (unpaired) electrons. The number of piperidine rings is 1. The van der Waals surface area contributed by atoms with Gasteiger partial charge >= 0.3 is 5.97 Å². The van der Waals surface area contributed by atoms with E-state index in [0.717, 1.165) is 3.79 Å². The molecule has 98 valence electrons. The molecule has 0 aliphatic carbocycles. The van der Waals surface area contributed by atoms with Gasteiger partial charge in [-0.15, -0.1) is 11.3 Å². The lowest BCUT2D eigenvalue weighted by Gasteiger charge is -2.35. The van der Waals surface area contributed by atoms with Gasteiger partial charge in [-0.25, -0.2) is 4.79 Å². The van der Waals surface area contributed by atoms with E-state index in [4.69, 9.17) is 5.11 Å². The van der Waals surface area contributed by atoms with Crippen LogP contribution in [0.25, 0.3) is 0 Å². The van der Waals surface area contributed by atoms with Crippen LogP contribution in [0.3, 0.4) is 0 Å². The Bertz CT molecular complexity index is 479. The predicted molar refractivity (Wildman–Crippen MR) is 69.7 cm³/mol. The number of thiophene rings is 1. The minimum absolute atomic E-state index is 0.0688. The number of rotatable bonds is 2. The maximum absolute atomic E-state index is 12.1. The van der Waals surface area contributed by atoms with Crippen molar-refractivity contribution < 1.29 is 19.8 Å². The Balaban J connectivity index is 2.02. The fraction of sp³-hybridized carbons (Fsp3) is 0.455. The summed E-state index contributed by atoms with van der Waals surface area (Å²) < 4.78 is 0.880. The second-order valence-electron chi connectivity index (χ2n) is 4.27. The van der Waals surface area contributed by atoms with Crippen molar-refractivity contribution in [3.63, 3.8) is 0 Å². The van der Waals surface area contributed by atoms with Crippen LogP contribution in [-0.2, 0) is 4.79 Å². The molecule has 2 rings (SSSR count). The van der Waals surface area contributed by atoms with Crippen molar-refractivity contribution in [3.8, 4) is 0 Å². The Morgan fingerprint density at radius 3 is 2.44 bits per heavy atom. The summed E-state index contributed by atoms with van der Waals surface area (Å²) >= 11 is 4.72. The average Bonchev–Trinajstić information content (AvgIpc) is 2.76. The molecule has 7 heteroatoms. The summed E-state index contributed by atoms with van der Waals surface area (Å²) in [6.45, 7) is 0.518. The van der Waals surface area contributed by atoms with Crippen LogP contribution >= 0.6 is 27.3 Å². The second-order valence-corrected chi connectivity index (χ2v) is 6.56. The highest BCUT2D eigenvalue weighted by Crippen LogP contribution is 2.26. The highest BCUT2D eigenvalue weighted by molar-refractivity contribution is 9.11. The largest absolute Gasteiger partial charge is 0.479 e. The summed E-state index contributed by atoms with van der Waals surface area (Å²) in [6.07, 6.45) is 0.138. The zero-order valence-corrected chi connectivity index (χ0v) is 11.8. The summed E-state index contributed by atoms with van der Waals surface area (Å²) in [5.74, 6) is -1.34. The number of amides is 1. The van der Waals surface area contributed by atoms with Crippen LogP contribution < -0.4 is 0 Å². The fourth-order valence-electron chi connectivity index (χ4n) is 1.90. The third-order valence-corrected chi connectivity index (χ3v) is 4.59. The summed E-state index contributed by atoms with van der Waals surface area (Å²) in [5, 5.41) is 20.4. The van der Waals surface area contributed by atoms with E-state index in [2.05, 4.69) is 15.9 Å². The maximum atomic E-state index is 12.1. The van der Waals surface area contributed by atoms with Gasteiger partial charge in [0.2, 0.25) is 0 Å². The number of likely N-dealkylation sites (tertiary alicyclic amines) is 1. The van der Waals surface area contributed by atoms with Gasteiger partial charge in [0.05, 0.1) is 9.35 Å². The fourth-order valence-corrected chi connectivity index (χ4v) is 3.03. The van der Waals surface area contributed by atoms with Crippen molar-refractivity contribution in [1.29, 1.82) is 0 Å². The summed E-state index contributed by atoms with van der Waals surface area (Å²) in [5.41, 5.74) is -1.10. The molecule has 1 saturated heterocycles. The third-order valence-electron chi connectivity index (χ3n) is 3.09. The summed E-state index contributed by atoms with van der Waals surface area (Å²) in [4.78, 5) is 24.5. The van der Waals surface area contributed by atoms with Gasteiger partial charge in [0, 0.05) is 31.3 Å². The van der Waals surface area contributed by atoms with E-state index < -0.39 is 11.6 Å². The molecular weight excluding hydrogens is 322 g/mol. The van der Waals surface area contributed by atoms with Gasteiger partial charge in [0.15, 0.2) is 5.60 Å². The molecule has 2 heterocycles. The average molecular weight is 334 g/mol. The molecule has 0 spiro atoms. The van der Waals surface area contributed by atoms with E-state index >= 15 is 0 Å². The van der Waals surface area contributed by atoms with E-state index in [1.54, 1.807) is 16.3 Å². The van der Waals surface area contributed by atoms with Gasteiger partial charge in [0.1, 0.15) is 0 Å². The van der Waals surface area contributed by atoms with Crippen molar-refractivity contribution in [2.45, 2.75) is 18.4 Å². The van der Waals surface area contributed by atoms with E-state index in [1.165, 1.54) is 11.3 Å². The first-order valence-corrected chi connectivity index (χ1v) is 7.09. The first-order chi connectivity index (χ1) is 8.42.